The number of rotatable bonds is 5. The van der Waals surface area contributed by atoms with E-state index in [4.69, 9.17) is 4.74 Å². The van der Waals surface area contributed by atoms with Crippen molar-refractivity contribution in [3.8, 4) is 11.6 Å². The molecule has 0 aliphatic carbocycles. The summed E-state index contributed by atoms with van der Waals surface area (Å²) in [5, 5.41) is 2.88. The van der Waals surface area contributed by atoms with E-state index in [1.807, 2.05) is 31.2 Å². The summed E-state index contributed by atoms with van der Waals surface area (Å²) >= 11 is 0. The van der Waals surface area contributed by atoms with Crippen LogP contribution >= 0.6 is 0 Å². The molecule has 0 spiro atoms. The van der Waals surface area contributed by atoms with Crippen LogP contribution in [-0.2, 0) is 9.59 Å². The SMILES string of the molecule is Cc1ccc(N2CC(C(=O)Nc3cccc(Oc4cnccn4)c3)CC2=O)cc1. The second kappa shape index (κ2) is 8.10. The van der Waals surface area contributed by atoms with Crippen molar-refractivity contribution in [2.75, 3.05) is 16.8 Å². The Morgan fingerprint density at radius 3 is 2.76 bits per heavy atom. The topological polar surface area (TPSA) is 84.4 Å². The van der Waals surface area contributed by atoms with Crippen LogP contribution in [0, 0.1) is 12.8 Å². The summed E-state index contributed by atoms with van der Waals surface area (Å²) in [6.07, 6.45) is 4.80. The van der Waals surface area contributed by atoms with Gasteiger partial charge < -0.3 is 15.0 Å². The Morgan fingerprint density at radius 2 is 2.00 bits per heavy atom. The molecule has 0 radical (unpaired) electrons. The molecule has 1 aromatic heterocycles. The van der Waals surface area contributed by atoms with Crippen LogP contribution in [0.3, 0.4) is 0 Å². The molecule has 7 heteroatoms. The fourth-order valence-electron chi connectivity index (χ4n) is 3.20. The third-order valence-corrected chi connectivity index (χ3v) is 4.70. The third kappa shape index (κ3) is 4.40. The molecule has 29 heavy (non-hydrogen) atoms. The van der Waals surface area contributed by atoms with E-state index in [0.717, 1.165) is 11.3 Å². The van der Waals surface area contributed by atoms with Crippen molar-refractivity contribution in [2.45, 2.75) is 13.3 Å². The van der Waals surface area contributed by atoms with E-state index in [-0.39, 0.29) is 18.2 Å². The van der Waals surface area contributed by atoms with Crippen molar-refractivity contribution < 1.29 is 14.3 Å². The number of aromatic nitrogens is 2. The molecule has 1 N–H and O–H groups in total. The largest absolute Gasteiger partial charge is 0.437 e. The molecule has 1 saturated heterocycles. The van der Waals surface area contributed by atoms with Gasteiger partial charge in [0.2, 0.25) is 17.7 Å². The van der Waals surface area contributed by atoms with E-state index < -0.39 is 5.92 Å². The Kier molecular flexibility index (Phi) is 5.20. The van der Waals surface area contributed by atoms with Gasteiger partial charge in [-0.1, -0.05) is 23.8 Å². The highest BCUT2D eigenvalue weighted by atomic mass is 16.5. The Labute approximate surface area is 168 Å². The van der Waals surface area contributed by atoms with Crippen LogP contribution in [0.2, 0.25) is 0 Å². The van der Waals surface area contributed by atoms with E-state index in [0.29, 0.717) is 23.9 Å². The van der Waals surface area contributed by atoms with Crippen LogP contribution in [0.1, 0.15) is 12.0 Å². The number of carbonyl (C=O) groups is 2. The molecular weight excluding hydrogens is 368 g/mol. The molecule has 146 valence electrons. The van der Waals surface area contributed by atoms with Crippen LogP contribution in [-0.4, -0.2) is 28.3 Å². The number of anilines is 2. The van der Waals surface area contributed by atoms with E-state index >= 15 is 0 Å². The number of nitrogens with one attached hydrogen (secondary N) is 1. The molecule has 1 atom stereocenters. The van der Waals surface area contributed by atoms with Crippen molar-refractivity contribution >= 4 is 23.2 Å². The highest BCUT2D eigenvalue weighted by Crippen LogP contribution is 2.27. The summed E-state index contributed by atoms with van der Waals surface area (Å²) < 4.78 is 5.64. The second-order valence-electron chi connectivity index (χ2n) is 6.90. The monoisotopic (exact) mass is 388 g/mol. The maximum Gasteiger partial charge on any atom is 0.237 e. The van der Waals surface area contributed by atoms with Crippen molar-refractivity contribution in [3.05, 3.63) is 72.7 Å². The Morgan fingerprint density at radius 1 is 1.17 bits per heavy atom. The van der Waals surface area contributed by atoms with E-state index in [1.165, 1.54) is 12.4 Å². The molecule has 7 nitrogen and oxygen atoms in total. The molecule has 3 aromatic rings. The molecule has 4 rings (SSSR count). The summed E-state index contributed by atoms with van der Waals surface area (Å²) in [5.74, 6) is 0.255. The summed E-state index contributed by atoms with van der Waals surface area (Å²) in [6, 6.07) is 14.7. The lowest BCUT2D eigenvalue weighted by molar-refractivity contribution is -0.122. The first kappa shape index (κ1) is 18.6. The molecule has 1 aliphatic heterocycles. The summed E-state index contributed by atoms with van der Waals surface area (Å²) in [7, 11) is 0. The first-order chi connectivity index (χ1) is 14.1. The number of benzene rings is 2. The summed E-state index contributed by atoms with van der Waals surface area (Å²) in [4.78, 5) is 34.8. The van der Waals surface area contributed by atoms with Crippen LogP contribution in [0.5, 0.6) is 11.6 Å². The van der Waals surface area contributed by atoms with Crippen LogP contribution in [0.4, 0.5) is 11.4 Å². The zero-order valence-corrected chi connectivity index (χ0v) is 15.9. The average molecular weight is 388 g/mol. The zero-order chi connectivity index (χ0) is 20.2. The van der Waals surface area contributed by atoms with Gasteiger partial charge in [-0.05, 0) is 31.2 Å². The Hall–Kier alpha value is -3.74. The average Bonchev–Trinajstić information content (AvgIpc) is 3.11. The van der Waals surface area contributed by atoms with Crippen LogP contribution in [0.15, 0.2) is 67.1 Å². The fraction of sp³-hybridized carbons (Fsp3) is 0.182. The van der Waals surface area contributed by atoms with Gasteiger partial charge in [-0.25, -0.2) is 4.98 Å². The van der Waals surface area contributed by atoms with Crippen molar-refractivity contribution in [1.29, 1.82) is 0 Å². The Bertz CT molecular complexity index is 1020. The predicted octanol–water partition coefficient (Wildman–Crippen LogP) is 3.57. The lowest BCUT2D eigenvalue weighted by Crippen LogP contribution is -2.28. The van der Waals surface area contributed by atoms with Gasteiger partial charge in [-0.3, -0.25) is 14.6 Å². The lowest BCUT2D eigenvalue weighted by atomic mass is 10.1. The molecule has 2 aromatic carbocycles. The number of ether oxygens (including phenoxy) is 1. The number of hydrogen-bond donors (Lipinski definition) is 1. The van der Waals surface area contributed by atoms with Crippen molar-refractivity contribution in [2.24, 2.45) is 5.92 Å². The summed E-state index contributed by atoms with van der Waals surface area (Å²) in [6.45, 7) is 2.36. The smallest absolute Gasteiger partial charge is 0.237 e. The van der Waals surface area contributed by atoms with Gasteiger partial charge in [0.05, 0.1) is 12.1 Å². The van der Waals surface area contributed by atoms with E-state index in [2.05, 4.69) is 15.3 Å². The number of carbonyl (C=O) groups excluding carboxylic acids is 2. The first-order valence-corrected chi connectivity index (χ1v) is 9.30. The maximum atomic E-state index is 12.7. The van der Waals surface area contributed by atoms with Gasteiger partial charge in [0.15, 0.2) is 0 Å². The van der Waals surface area contributed by atoms with Crippen LogP contribution in [0.25, 0.3) is 0 Å². The lowest BCUT2D eigenvalue weighted by Gasteiger charge is -2.17. The highest BCUT2D eigenvalue weighted by molar-refractivity contribution is 6.03. The number of hydrogen-bond acceptors (Lipinski definition) is 5. The second-order valence-corrected chi connectivity index (χ2v) is 6.90. The van der Waals surface area contributed by atoms with Gasteiger partial charge in [-0.2, -0.15) is 0 Å². The minimum atomic E-state index is -0.409. The van der Waals surface area contributed by atoms with E-state index in [1.54, 1.807) is 35.4 Å². The Balaban J connectivity index is 1.41. The molecule has 2 amide bonds. The molecule has 1 aliphatic rings. The number of aryl methyl sites for hydroxylation is 1. The van der Waals surface area contributed by atoms with Crippen molar-refractivity contribution in [3.63, 3.8) is 0 Å². The molecular formula is C22H20N4O3. The maximum absolute atomic E-state index is 12.7. The minimum Gasteiger partial charge on any atom is -0.437 e. The minimum absolute atomic E-state index is 0.0475. The van der Waals surface area contributed by atoms with Gasteiger partial charge in [0.1, 0.15) is 5.75 Å². The summed E-state index contributed by atoms with van der Waals surface area (Å²) in [5.41, 5.74) is 2.53. The first-order valence-electron chi connectivity index (χ1n) is 9.30. The standard InChI is InChI=1S/C22H20N4O3/c1-15-5-7-18(8-6-15)26-14-16(11-21(26)27)22(28)25-17-3-2-4-19(12-17)29-20-13-23-9-10-24-20/h2-10,12-13,16H,11,14H2,1H3,(H,25,28). The van der Waals surface area contributed by atoms with Crippen LogP contribution < -0.4 is 15.0 Å². The normalized spacial score (nSPS) is 16.0. The zero-order valence-electron chi connectivity index (χ0n) is 15.9. The fourth-order valence-corrected chi connectivity index (χ4v) is 3.20. The molecule has 0 saturated carbocycles. The highest BCUT2D eigenvalue weighted by Gasteiger charge is 2.35. The molecule has 1 fully saturated rings. The molecule has 2 heterocycles. The number of nitrogens with zero attached hydrogens (tertiary/aromatic N) is 3. The van der Waals surface area contributed by atoms with E-state index in [9.17, 15) is 9.59 Å². The predicted molar refractivity (Wildman–Crippen MR) is 109 cm³/mol. The van der Waals surface area contributed by atoms with Gasteiger partial charge in [0.25, 0.3) is 0 Å². The number of amides is 2. The van der Waals surface area contributed by atoms with Gasteiger partial charge in [-0.15, -0.1) is 0 Å². The van der Waals surface area contributed by atoms with Crippen molar-refractivity contribution in [1.82, 2.24) is 9.97 Å². The molecule has 0 bridgehead atoms. The van der Waals surface area contributed by atoms with Gasteiger partial charge in [0, 0.05) is 42.8 Å². The quantitative estimate of drug-likeness (QED) is 0.722. The molecule has 1 unspecified atom stereocenters. The van der Waals surface area contributed by atoms with Gasteiger partial charge >= 0.3 is 0 Å². The third-order valence-electron chi connectivity index (χ3n) is 4.70.